The third-order valence-corrected chi connectivity index (χ3v) is 5.05. The summed E-state index contributed by atoms with van der Waals surface area (Å²) in [4.78, 5) is 0. The van der Waals surface area contributed by atoms with Gasteiger partial charge in [-0.25, -0.2) is 0 Å². The van der Waals surface area contributed by atoms with Crippen molar-refractivity contribution < 1.29 is 0 Å². The van der Waals surface area contributed by atoms with E-state index in [0.29, 0.717) is 17.4 Å². The molecule has 0 aromatic heterocycles. The summed E-state index contributed by atoms with van der Waals surface area (Å²) in [5, 5.41) is 0. The van der Waals surface area contributed by atoms with Crippen LogP contribution in [0.2, 0.25) is 0 Å². The maximum atomic E-state index is 5.86. The van der Waals surface area contributed by atoms with Gasteiger partial charge in [-0.15, -0.1) is 0 Å². The van der Waals surface area contributed by atoms with Crippen molar-refractivity contribution in [1.82, 2.24) is 5.43 Å². The second-order valence-corrected chi connectivity index (χ2v) is 7.54. The highest BCUT2D eigenvalue weighted by atomic mass is 15.2. The molecule has 1 aromatic carbocycles. The lowest BCUT2D eigenvalue weighted by molar-refractivity contribution is 0.132. The molecule has 0 spiro atoms. The molecular formula is C18H30N2. The first-order chi connectivity index (χ1) is 9.41. The highest BCUT2D eigenvalue weighted by Gasteiger charge is 2.33. The Morgan fingerprint density at radius 2 is 1.80 bits per heavy atom. The summed E-state index contributed by atoms with van der Waals surface area (Å²) in [6, 6.07) is 9.05. The van der Waals surface area contributed by atoms with Gasteiger partial charge in [-0.05, 0) is 55.4 Å². The lowest BCUT2D eigenvalue weighted by atomic mass is 9.68. The number of nitrogens with one attached hydrogen (secondary N) is 1. The number of hydrogen-bond acceptors (Lipinski definition) is 2. The molecule has 1 aliphatic rings. The molecule has 1 unspecified atom stereocenters. The van der Waals surface area contributed by atoms with Gasteiger partial charge in [0.2, 0.25) is 0 Å². The van der Waals surface area contributed by atoms with Gasteiger partial charge in [0.25, 0.3) is 0 Å². The molecule has 0 heterocycles. The highest BCUT2D eigenvalue weighted by molar-refractivity contribution is 5.25. The smallest absolute Gasteiger partial charge is 0.0488 e. The summed E-state index contributed by atoms with van der Waals surface area (Å²) >= 11 is 0. The SMILES string of the molecule is Cc1cccc(C(NN)C2CCC(C(C)(C)C)CC2)c1. The largest absolute Gasteiger partial charge is 0.271 e. The predicted molar refractivity (Wildman–Crippen MR) is 86.1 cm³/mol. The third kappa shape index (κ3) is 3.62. The van der Waals surface area contributed by atoms with Crippen LogP contribution < -0.4 is 11.3 Å². The number of hydrogen-bond donors (Lipinski definition) is 2. The van der Waals surface area contributed by atoms with Gasteiger partial charge in [0, 0.05) is 6.04 Å². The molecule has 2 nitrogen and oxygen atoms in total. The second-order valence-electron chi connectivity index (χ2n) is 7.54. The van der Waals surface area contributed by atoms with Gasteiger partial charge >= 0.3 is 0 Å². The number of rotatable bonds is 3. The molecule has 112 valence electrons. The van der Waals surface area contributed by atoms with Gasteiger partial charge in [0.15, 0.2) is 0 Å². The van der Waals surface area contributed by atoms with Crippen LogP contribution in [0.1, 0.15) is 63.6 Å². The maximum Gasteiger partial charge on any atom is 0.0488 e. The zero-order valence-electron chi connectivity index (χ0n) is 13.4. The van der Waals surface area contributed by atoms with E-state index in [0.717, 1.165) is 5.92 Å². The van der Waals surface area contributed by atoms with Crippen LogP contribution in [0.4, 0.5) is 0 Å². The summed E-state index contributed by atoms with van der Waals surface area (Å²) in [6.07, 6.45) is 5.23. The molecule has 1 saturated carbocycles. The quantitative estimate of drug-likeness (QED) is 0.635. The van der Waals surface area contributed by atoms with Crippen LogP contribution in [0.25, 0.3) is 0 Å². The molecule has 20 heavy (non-hydrogen) atoms. The molecule has 3 N–H and O–H groups in total. The maximum absolute atomic E-state index is 5.86. The van der Waals surface area contributed by atoms with Gasteiger partial charge in [-0.1, -0.05) is 50.6 Å². The van der Waals surface area contributed by atoms with Gasteiger partial charge < -0.3 is 0 Å². The average molecular weight is 274 g/mol. The summed E-state index contributed by atoms with van der Waals surface area (Å²) < 4.78 is 0. The molecule has 1 aliphatic carbocycles. The fourth-order valence-electron chi connectivity index (χ4n) is 3.69. The van der Waals surface area contributed by atoms with Crippen LogP contribution in [0.5, 0.6) is 0 Å². The zero-order valence-corrected chi connectivity index (χ0v) is 13.4. The van der Waals surface area contributed by atoms with Crippen molar-refractivity contribution in [2.24, 2.45) is 23.1 Å². The van der Waals surface area contributed by atoms with Crippen molar-refractivity contribution in [1.29, 1.82) is 0 Å². The number of nitrogens with two attached hydrogens (primary N) is 1. The molecule has 1 atom stereocenters. The molecule has 1 fully saturated rings. The number of hydrazine groups is 1. The molecule has 2 rings (SSSR count). The van der Waals surface area contributed by atoms with Gasteiger partial charge in [0.05, 0.1) is 0 Å². The van der Waals surface area contributed by atoms with Crippen LogP contribution in [0, 0.1) is 24.2 Å². The van der Waals surface area contributed by atoms with Gasteiger partial charge in [0.1, 0.15) is 0 Å². The van der Waals surface area contributed by atoms with E-state index in [1.165, 1.54) is 36.8 Å². The third-order valence-electron chi connectivity index (χ3n) is 5.05. The molecule has 0 saturated heterocycles. The van der Waals surface area contributed by atoms with Gasteiger partial charge in [-0.3, -0.25) is 11.3 Å². The first kappa shape index (κ1) is 15.5. The van der Waals surface area contributed by atoms with Crippen molar-refractivity contribution >= 4 is 0 Å². The Balaban J connectivity index is 2.04. The van der Waals surface area contributed by atoms with Crippen molar-refractivity contribution in [2.75, 3.05) is 0 Å². The monoisotopic (exact) mass is 274 g/mol. The van der Waals surface area contributed by atoms with E-state index in [-0.39, 0.29) is 0 Å². The first-order valence-electron chi connectivity index (χ1n) is 7.94. The minimum Gasteiger partial charge on any atom is -0.271 e. The van der Waals surface area contributed by atoms with Gasteiger partial charge in [-0.2, -0.15) is 0 Å². The summed E-state index contributed by atoms with van der Waals surface area (Å²) in [6.45, 7) is 9.26. The van der Waals surface area contributed by atoms with Crippen molar-refractivity contribution in [3.05, 3.63) is 35.4 Å². The lowest BCUT2D eigenvalue weighted by Crippen LogP contribution is -2.36. The molecule has 0 bridgehead atoms. The van der Waals surface area contributed by atoms with Crippen molar-refractivity contribution in [2.45, 2.75) is 59.4 Å². The second kappa shape index (κ2) is 6.28. The minimum atomic E-state index is 0.302. The van der Waals surface area contributed by atoms with Crippen LogP contribution >= 0.6 is 0 Å². The molecule has 0 radical (unpaired) electrons. The van der Waals surface area contributed by atoms with E-state index in [1.807, 2.05) is 0 Å². The summed E-state index contributed by atoms with van der Waals surface area (Å²) in [5.41, 5.74) is 6.16. The molecule has 1 aromatic rings. The van der Waals surface area contributed by atoms with E-state index in [2.05, 4.69) is 57.4 Å². The number of aryl methyl sites for hydroxylation is 1. The Bertz CT molecular complexity index is 425. The topological polar surface area (TPSA) is 38.0 Å². The highest BCUT2D eigenvalue weighted by Crippen LogP contribution is 2.43. The van der Waals surface area contributed by atoms with E-state index in [4.69, 9.17) is 5.84 Å². The molecular weight excluding hydrogens is 244 g/mol. The van der Waals surface area contributed by atoms with E-state index in [9.17, 15) is 0 Å². The fraction of sp³-hybridized carbons (Fsp3) is 0.667. The minimum absolute atomic E-state index is 0.302. The van der Waals surface area contributed by atoms with Crippen molar-refractivity contribution in [3.8, 4) is 0 Å². The average Bonchev–Trinajstić information content (AvgIpc) is 2.39. The summed E-state index contributed by atoms with van der Waals surface area (Å²) in [7, 11) is 0. The van der Waals surface area contributed by atoms with Crippen LogP contribution in [-0.4, -0.2) is 0 Å². The fourth-order valence-corrected chi connectivity index (χ4v) is 3.69. The van der Waals surface area contributed by atoms with Crippen molar-refractivity contribution in [3.63, 3.8) is 0 Å². The van der Waals surface area contributed by atoms with Crippen LogP contribution in [0.15, 0.2) is 24.3 Å². The van der Waals surface area contributed by atoms with E-state index in [1.54, 1.807) is 0 Å². The van der Waals surface area contributed by atoms with E-state index < -0.39 is 0 Å². The Morgan fingerprint density at radius 3 is 2.30 bits per heavy atom. The standard InChI is InChI=1S/C18H30N2/c1-13-6-5-7-15(12-13)17(20-19)14-8-10-16(11-9-14)18(2,3)4/h5-7,12,14,16-17,20H,8-11,19H2,1-4H3. The summed E-state index contributed by atoms with van der Waals surface area (Å²) in [5.74, 6) is 7.38. The number of benzene rings is 1. The normalized spacial score (nSPS) is 25.4. The predicted octanol–water partition coefficient (Wildman–Crippen LogP) is 4.35. The Labute approximate surface area is 124 Å². The van der Waals surface area contributed by atoms with Crippen LogP contribution in [0.3, 0.4) is 0 Å². The Kier molecular flexibility index (Phi) is 4.87. The Morgan fingerprint density at radius 1 is 1.15 bits per heavy atom. The molecule has 0 aliphatic heterocycles. The first-order valence-corrected chi connectivity index (χ1v) is 7.94. The zero-order chi connectivity index (χ0) is 14.8. The lowest BCUT2D eigenvalue weighted by Gasteiger charge is -2.39. The van der Waals surface area contributed by atoms with Crippen LogP contribution in [-0.2, 0) is 0 Å². The molecule has 0 amide bonds. The molecule has 2 heteroatoms. The van der Waals surface area contributed by atoms with E-state index >= 15 is 0 Å². The Hall–Kier alpha value is -0.860.